The molecule has 0 saturated heterocycles. The molecular formula is C20H25I3N2O6. The molecular weight excluding hydrogens is 745 g/mol. The van der Waals surface area contributed by atoms with Gasteiger partial charge in [-0.1, -0.05) is 6.92 Å². The molecule has 0 saturated carbocycles. The molecule has 0 bridgehead atoms. The number of ether oxygens (including phenoxy) is 2. The summed E-state index contributed by atoms with van der Waals surface area (Å²) in [7, 11) is 0. The summed E-state index contributed by atoms with van der Waals surface area (Å²) < 4.78 is 12.2. The van der Waals surface area contributed by atoms with Crippen LogP contribution in [0, 0.1) is 10.7 Å². The summed E-state index contributed by atoms with van der Waals surface area (Å²) in [6.45, 7) is 5.32. The van der Waals surface area contributed by atoms with Gasteiger partial charge in [0.25, 0.3) is 0 Å². The zero-order valence-electron chi connectivity index (χ0n) is 17.5. The highest BCUT2D eigenvalue weighted by molar-refractivity contribution is 14.1. The maximum atomic E-state index is 12.8. The second-order valence-electron chi connectivity index (χ2n) is 6.60. The molecule has 11 heteroatoms. The Hall–Kier alpha value is -0.710. The van der Waals surface area contributed by atoms with E-state index in [1.807, 2.05) is 74.7 Å². The first-order chi connectivity index (χ1) is 14.6. The van der Waals surface area contributed by atoms with Gasteiger partial charge in [-0.15, -0.1) is 0 Å². The largest absolute Gasteiger partial charge is 0.466 e. The fraction of sp³-hybridized carbons (Fsp3) is 0.500. The molecule has 0 heterocycles. The molecule has 0 aliphatic rings. The fourth-order valence-corrected chi connectivity index (χ4v) is 6.63. The summed E-state index contributed by atoms with van der Waals surface area (Å²) >= 11 is 6.02. The van der Waals surface area contributed by atoms with E-state index in [0.29, 0.717) is 48.0 Å². The molecule has 0 aromatic heterocycles. The molecule has 31 heavy (non-hydrogen) atoms. The SMILES string of the molecule is CCCOC(=O)CCCCCOC(=O)c1c(I)c(NC(C)=O)c(I)c(NC(C)=O)c1I. The molecule has 1 rings (SSSR count). The number of rotatable bonds is 11. The van der Waals surface area contributed by atoms with Gasteiger partial charge in [-0.25, -0.2) is 4.79 Å². The number of carbonyl (C=O) groups is 4. The minimum absolute atomic E-state index is 0.200. The van der Waals surface area contributed by atoms with Gasteiger partial charge in [-0.05, 0) is 93.5 Å². The average Bonchev–Trinajstić information content (AvgIpc) is 2.69. The van der Waals surface area contributed by atoms with Crippen molar-refractivity contribution in [1.82, 2.24) is 0 Å². The van der Waals surface area contributed by atoms with Crippen molar-refractivity contribution >= 4 is 103 Å². The second-order valence-corrected chi connectivity index (χ2v) is 9.83. The van der Waals surface area contributed by atoms with E-state index in [9.17, 15) is 19.2 Å². The number of hydrogen-bond donors (Lipinski definition) is 2. The van der Waals surface area contributed by atoms with Crippen LogP contribution in [0.1, 0.15) is 63.2 Å². The number of nitrogens with one attached hydrogen (secondary N) is 2. The topological polar surface area (TPSA) is 111 Å². The maximum Gasteiger partial charge on any atom is 0.340 e. The highest BCUT2D eigenvalue weighted by Crippen LogP contribution is 2.39. The van der Waals surface area contributed by atoms with E-state index in [2.05, 4.69) is 10.6 Å². The van der Waals surface area contributed by atoms with Gasteiger partial charge >= 0.3 is 11.9 Å². The first kappa shape index (κ1) is 28.3. The number of benzene rings is 1. The van der Waals surface area contributed by atoms with Crippen molar-refractivity contribution in [3.05, 3.63) is 16.3 Å². The number of halogens is 3. The molecule has 0 radical (unpaired) electrons. The van der Waals surface area contributed by atoms with Crippen LogP contribution in [0.25, 0.3) is 0 Å². The quantitative estimate of drug-likeness (QED) is 0.185. The van der Waals surface area contributed by atoms with E-state index in [1.165, 1.54) is 13.8 Å². The predicted octanol–water partition coefficient (Wildman–Crippen LogP) is 5.09. The molecule has 2 amide bonds. The Morgan fingerprint density at radius 1 is 0.774 bits per heavy atom. The summed E-state index contributed by atoms with van der Waals surface area (Å²) in [5.41, 5.74) is 1.20. The van der Waals surface area contributed by atoms with Gasteiger partial charge in [0, 0.05) is 20.3 Å². The minimum atomic E-state index is -0.536. The summed E-state index contributed by atoms with van der Waals surface area (Å²) in [5.74, 6) is -1.33. The van der Waals surface area contributed by atoms with Crippen molar-refractivity contribution in [2.45, 2.75) is 52.9 Å². The lowest BCUT2D eigenvalue weighted by molar-refractivity contribution is -0.143. The zero-order valence-corrected chi connectivity index (χ0v) is 24.0. The van der Waals surface area contributed by atoms with Gasteiger partial charge in [0.1, 0.15) is 0 Å². The van der Waals surface area contributed by atoms with Crippen LogP contribution in [-0.4, -0.2) is 37.0 Å². The smallest absolute Gasteiger partial charge is 0.340 e. The van der Waals surface area contributed by atoms with E-state index < -0.39 is 5.97 Å². The third-order valence-corrected chi connectivity index (χ3v) is 7.08. The second kappa shape index (κ2) is 14.4. The van der Waals surface area contributed by atoms with Crippen LogP contribution >= 0.6 is 67.8 Å². The third kappa shape index (κ3) is 9.35. The van der Waals surface area contributed by atoms with Crippen LogP contribution in [0.4, 0.5) is 11.4 Å². The normalized spacial score (nSPS) is 10.4. The van der Waals surface area contributed by atoms with Gasteiger partial charge in [0.15, 0.2) is 0 Å². The standard InChI is InChI=1S/C20H25I3N2O6/c1-4-9-30-13(28)8-6-5-7-10-31-20(29)14-15(21)18(24-11(2)26)17(23)19(16(14)22)25-12(3)27/h4-10H2,1-3H3,(H,24,26)(H,25,27). The molecule has 0 fully saturated rings. The number of unbranched alkanes of at least 4 members (excludes halogenated alkanes) is 2. The first-order valence-corrected chi connectivity index (χ1v) is 12.9. The Kier molecular flexibility index (Phi) is 13.2. The summed E-state index contributed by atoms with van der Waals surface area (Å²) in [6, 6.07) is 0. The van der Waals surface area contributed by atoms with Crippen LogP contribution in [0.2, 0.25) is 0 Å². The van der Waals surface area contributed by atoms with Crippen LogP contribution in [0.3, 0.4) is 0 Å². The molecule has 0 atom stereocenters. The van der Waals surface area contributed by atoms with Crippen molar-refractivity contribution in [3.8, 4) is 0 Å². The van der Waals surface area contributed by atoms with E-state index >= 15 is 0 Å². The van der Waals surface area contributed by atoms with Gasteiger partial charge < -0.3 is 20.1 Å². The Bertz CT molecular complexity index is 802. The molecule has 2 N–H and O–H groups in total. The molecule has 0 aliphatic heterocycles. The summed E-state index contributed by atoms with van der Waals surface area (Å²) in [4.78, 5) is 47.6. The molecule has 0 aliphatic carbocycles. The van der Waals surface area contributed by atoms with Crippen LogP contribution in [0.15, 0.2) is 0 Å². The Morgan fingerprint density at radius 3 is 1.81 bits per heavy atom. The highest BCUT2D eigenvalue weighted by atomic mass is 127. The monoisotopic (exact) mass is 770 g/mol. The zero-order chi connectivity index (χ0) is 23.6. The lowest BCUT2D eigenvalue weighted by Crippen LogP contribution is -2.19. The fourth-order valence-electron chi connectivity index (χ4n) is 2.49. The van der Waals surface area contributed by atoms with Gasteiger partial charge in [-0.2, -0.15) is 0 Å². The minimum Gasteiger partial charge on any atom is -0.466 e. The molecule has 0 spiro atoms. The Labute approximate surface area is 222 Å². The van der Waals surface area contributed by atoms with Crippen LogP contribution in [-0.2, 0) is 23.9 Å². The number of amides is 2. The lowest BCUT2D eigenvalue weighted by atomic mass is 10.1. The van der Waals surface area contributed by atoms with E-state index in [0.717, 1.165) is 12.8 Å². The molecule has 172 valence electrons. The Balaban J connectivity index is 2.85. The third-order valence-electron chi connectivity index (χ3n) is 3.85. The summed E-state index contributed by atoms with van der Waals surface area (Å²) in [6.07, 6.45) is 3.15. The number of hydrogen-bond acceptors (Lipinski definition) is 6. The van der Waals surface area contributed by atoms with Crippen molar-refractivity contribution in [2.24, 2.45) is 0 Å². The van der Waals surface area contributed by atoms with E-state index in [-0.39, 0.29) is 30.0 Å². The number of carbonyl (C=O) groups excluding carboxylic acids is 4. The molecule has 1 aromatic rings. The molecule has 1 aromatic carbocycles. The first-order valence-electron chi connectivity index (χ1n) is 9.68. The van der Waals surface area contributed by atoms with E-state index in [4.69, 9.17) is 9.47 Å². The van der Waals surface area contributed by atoms with Crippen molar-refractivity contribution in [1.29, 1.82) is 0 Å². The van der Waals surface area contributed by atoms with Crippen molar-refractivity contribution < 1.29 is 28.7 Å². The van der Waals surface area contributed by atoms with Crippen LogP contribution in [0.5, 0.6) is 0 Å². The average molecular weight is 770 g/mol. The van der Waals surface area contributed by atoms with Crippen LogP contribution < -0.4 is 10.6 Å². The van der Waals surface area contributed by atoms with Crippen molar-refractivity contribution in [3.63, 3.8) is 0 Å². The van der Waals surface area contributed by atoms with Crippen molar-refractivity contribution in [2.75, 3.05) is 23.8 Å². The summed E-state index contributed by atoms with van der Waals surface area (Å²) in [5, 5.41) is 5.45. The van der Waals surface area contributed by atoms with Gasteiger partial charge in [0.05, 0.1) is 40.9 Å². The van der Waals surface area contributed by atoms with E-state index in [1.54, 1.807) is 0 Å². The molecule has 8 nitrogen and oxygen atoms in total. The Morgan fingerprint density at radius 2 is 1.32 bits per heavy atom. The van der Waals surface area contributed by atoms with Gasteiger partial charge in [0.2, 0.25) is 11.8 Å². The molecule has 0 unspecified atom stereocenters. The highest BCUT2D eigenvalue weighted by Gasteiger charge is 2.26. The van der Waals surface area contributed by atoms with Gasteiger partial charge in [-0.3, -0.25) is 14.4 Å². The maximum absolute atomic E-state index is 12.8. The number of esters is 2. The lowest BCUT2D eigenvalue weighted by Gasteiger charge is -2.19. The predicted molar refractivity (Wildman–Crippen MR) is 143 cm³/mol. The number of anilines is 2.